The van der Waals surface area contributed by atoms with Gasteiger partial charge in [0.2, 0.25) is 0 Å². The van der Waals surface area contributed by atoms with Crippen LogP contribution in [0.1, 0.15) is 11.1 Å². The van der Waals surface area contributed by atoms with Crippen LogP contribution >= 0.6 is 0 Å². The molecule has 0 saturated heterocycles. The summed E-state index contributed by atoms with van der Waals surface area (Å²) in [7, 11) is 1.72. The van der Waals surface area contributed by atoms with E-state index in [2.05, 4.69) is 4.98 Å². The topological polar surface area (TPSA) is 39.8 Å². The summed E-state index contributed by atoms with van der Waals surface area (Å²) in [6, 6.07) is 8.33. The van der Waals surface area contributed by atoms with Crippen LogP contribution in [0.3, 0.4) is 0 Å². The van der Waals surface area contributed by atoms with Gasteiger partial charge in [-0.3, -0.25) is 4.79 Å². The van der Waals surface area contributed by atoms with Gasteiger partial charge in [-0.05, 0) is 30.7 Å². The summed E-state index contributed by atoms with van der Waals surface area (Å²) in [5.74, 6) is 0.500. The lowest BCUT2D eigenvalue weighted by Gasteiger charge is -2.10. The van der Waals surface area contributed by atoms with Crippen LogP contribution in [0.4, 0.5) is 4.39 Å². The molecule has 0 aliphatic rings. The van der Waals surface area contributed by atoms with Gasteiger partial charge in [0.25, 0.3) is 5.56 Å². The number of pyridine rings is 1. The van der Waals surface area contributed by atoms with Crippen molar-refractivity contribution in [2.45, 2.75) is 13.5 Å². The number of aryl methyl sites for hydroxylation is 2. The Balaban J connectivity index is 2.01. The molecule has 22 heavy (non-hydrogen) atoms. The minimum Gasteiger partial charge on any atom is -0.327 e. The third-order valence-electron chi connectivity index (χ3n) is 3.58. The van der Waals surface area contributed by atoms with E-state index in [1.54, 1.807) is 37.0 Å². The number of nitrogens with zero attached hydrogens (tertiary/aromatic N) is 3. The summed E-state index contributed by atoms with van der Waals surface area (Å²) >= 11 is 0. The summed E-state index contributed by atoms with van der Waals surface area (Å²) in [5, 5.41) is 0. The molecule has 0 spiro atoms. The van der Waals surface area contributed by atoms with Gasteiger partial charge in [0.1, 0.15) is 11.6 Å². The van der Waals surface area contributed by atoms with Crippen molar-refractivity contribution in [3.05, 3.63) is 76.2 Å². The van der Waals surface area contributed by atoms with Crippen LogP contribution in [0.15, 0.2) is 53.7 Å². The zero-order valence-corrected chi connectivity index (χ0v) is 12.5. The smallest absolute Gasteiger partial charge is 0.253 e. The molecule has 3 aromatic rings. The van der Waals surface area contributed by atoms with Crippen molar-refractivity contribution in [3.8, 4) is 11.4 Å². The fourth-order valence-electron chi connectivity index (χ4n) is 2.53. The highest BCUT2D eigenvalue weighted by Gasteiger charge is 2.09. The maximum Gasteiger partial charge on any atom is 0.253 e. The molecule has 0 unspecified atom stereocenters. The number of hydrogen-bond donors (Lipinski definition) is 0. The molecule has 3 rings (SSSR count). The Kier molecular flexibility index (Phi) is 3.63. The standard InChI is InChI=1S/C17H16FN3O/c1-12-8-14(11-20(2)17(12)22)16-19-6-7-21(16)10-13-4-3-5-15(18)9-13/h3-9,11H,10H2,1-2H3. The van der Waals surface area contributed by atoms with Crippen LogP contribution in [-0.4, -0.2) is 14.1 Å². The first-order valence-corrected chi connectivity index (χ1v) is 6.98. The number of hydrogen-bond acceptors (Lipinski definition) is 2. The first-order chi connectivity index (χ1) is 10.5. The molecule has 0 atom stereocenters. The molecule has 2 heterocycles. The average molecular weight is 297 g/mol. The van der Waals surface area contributed by atoms with Gasteiger partial charge < -0.3 is 9.13 Å². The van der Waals surface area contributed by atoms with Gasteiger partial charge >= 0.3 is 0 Å². The molecule has 0 saturated carbocycles. The Morgan fingerprint density at radius 2 is 2.09 bits per heavy atom. The number of aromatic nitrogens is 3. The highest BCUT2D eigenvalue weighted by Crippen LogP contribution is 2.18. The number of benzene rings is 1. The molecular formula is C17H16FN3O. The van der Waals surface area contributed by atoms with E-state index in [9.17, 15) is 9.18 Å². The molecule has 0 N–H and O–H groups in total. The predicted molar refractivity (Wildman–Crippen MR) is 83.1 cm³/mol. The number of imidazole rings is 1. The van der Waals surface area contributed by atoms with Crippen molar-refractivity contribution in [2.24, 2.45) is 7.05 Å². The Labute approximate surface area is 127 Å². The van der Waals surface area contributed by atoms with E-state index in [-0.39, 0.29) is 11.4 Å². The van der Waals surface area contributed by atoms with Crippen LogP contribution in [-0.2, 0) is 13.6 Å². The maximum atomic E-state index is 13.3. The largest absolute Gasteiger partial charge is 0.327 e. The molecule has 0 aliphatic heterocycles. The first kappa shape index (κ1) is 14.3. The van der Waals surface area contributed by atoms with E-state index in [1.807, 2.05) is 22.9 Å². The summed E-state index contributed by atoms with van der Waals surface area (Å²) in [6.45, 7) is 2.31. The molecule has 0 bridgehead atoms. The molecule has 0 fully saturated rings. The van der Waals surface area contributed by atoms with Crippen LogP contribution in [0.5, 0.6) is 0 Å². The monoisotopic (exact) mass is 297 g/mol. The van der Waals surface area contributed by atoms with Crippen molar-refractivity contribution in [1.82, 2.24) is 14.1 Å². The van der Waals surface area contributed by atoms with Gasteiger partial charge in [0, 0.05) is 43.3 Å². The molecule has 0 radical (unpaired) electrons. The second kappa shape index (κ2) is 5.60. The lowest BCUT2D eigenvalue weighted by Crippen LogP contribution is -2.18. The van der Waals surface area contributed by atoms with E-state index in [1.165, 1.54) is 12.1 Å². The van der Waals surface area contributed by atoms with E-state index in [0.717, 1.165) is 17.0 Å². The highest BCUT2D eigenvalue weighted by molar-refractivity contribution is 5.55. The Morgan fingerprint density at radius 3 is 2.82 bits per heavy atom. The molecule has 2 aromatic heterocycles. The van der Waals surface area contributed by atoms with Gasteiger partial charge in [-0.25, -0.2) is 9.37 Å². The van der Waals surface area contributed by atoms with Gasteiger partial charge in [0.05, 0.1) is 0 Å². The Morgan fingerprint density at radius 1 is 1.27 bits per heavy atom. The lowest BCUT2D eigenvalue weighted by molar-refractivity contribution is 0.623. The number of halogens is 1. The van der Waals surface area contributed by atoms with Gasteiger partial charge in [-0.2, -0.15) is 0 Å². The highest BCUT2D eigenvalue weighted by atomic mass is 19.1. The Hall–Kier alpha value is -2.69. The minimum absolute atomic E-state index is 0.0213. The summed E-state index contributed by atoms with van der Waals surface area (Å²) in [4.78, 5) is 16.2. The normalized spacial score (nSPS) is 10.9. The van der Waals surface area contributed by atoms with E-state index in [0.29, 0.717) is 12.1 Å². The second-order valence-electron chi connectivity index (χ2n) is 5.34. The SMILES string of the molecule is Cc1cc(-c2nccn2Cc2cccc(F)c2)cn(C)c1=O. The summed E-state index contributed by atoms with van der Waals surface area (Å²) < 4.78 is 16.8. The van der Waals surface area contributed by atoms with Crippen LogP contribution in [0.25, 0.3) is 11.4 Å². The first-order valence-electron chi connectivity index (χ1n) is 6.98. The van der Waals surface area contributed by atoms with Crippen LogP contribution in [0.2, 0.25) is 0 Å². The van der Waals surface area contributed by atoms with Crippen molar-refractivity contribution >= 4 is 0 Å². The molecule has 4 nitrogen and oxygen atoms in total. The fourth-order valence-corrected chi connectivity index (χ4v) is 2.53. The van der Waals surface area contributed by atoms with E-state index in [4.69, 9.17) is 0 Å². The molecular weight excluding hydrogens is 281 g/mol. The third kappa shape index (κ3) is 2.70. The van der Waals surface area contributed by atoms with E-state index < -0.39 is 0 Å². The van der Waals surface area contributed by atoms with Gasteiger partial charge in [0.15, 0.2) is 0 Å². The van der Waals surface area contributed by atoms with Crippen LogP contribution in [0, 0.1) is 12.7 Å². The zero-order chi connectivity index (χ0) is 15.7. The Bertz CT molecular complexity index is 853. The van der Waals surface area contributed by atoms with Crippen molar-refractivity contribution < 1.29 is 4.39 Å². The van der Waals surface area contributed by atoms with Crippen LogP contribution < -0.4 is 5.56 Å². The average Bonchev–Trinajstić information content (AvgIpc) is 2.92. The summed E-state index contributed by atoms with van der Waals surface area (Å²) in [5.41, 5.74) is 2.37. The molecule has 0 aliphatic carbocycles. The summed E-state index contributed by atoms with van der Waals surface area (Å²) in [6.07, 6.45) is 5.31. The zero-order valence-electron chi connectivity index (χ0n) is 12.5. The number of rotatable bonds is 3. The van der Waals surface area contributed by atoms with Gasteiger partial charge in [-0.15, -0.1) is 0 Å². The van der Waals surface area contributed by atoms with Crippen molar-refractivity contribution in [1.29, 1.82) is 0 Å². The molecule has 0 amide bonds. The van der Waals surface area contributed by atoms with Crippen molar-refractivity contribution in [2.75, 3.05) is 0 Å². The molecule has 1 aromatic carbocycles. The van der Waals surface area contributed by atoms with Crippen molar-refractivity contribution in [3.63, 3.8) is 0 Å². The molecule has 5 heteroatoms. The maximum absolute atomic E-state index is 13.3. The second-order valence-corrected chi connectivity index (χ2v) is 5.34. The molecule has 112 valence electrons. The lowest BCUT2D eigenvalue weighted by atomic mass is 10.2. The minimum atomic E-state index is -0.253. The quantitative estimate of drug-likeness (QED) is 0.746. The predicted octanol–water partition coefficient (Wildman–Crippen LogP) is 2.74. The van der Waals surface area contributed by atoms with Gasteiger partial charge in [-0.1, -0.05) is 12.1 Å². The fraction of sp³-hybridized carbons (Fsp3) is 0.176. The third-order valence-corrected chi connectivity index (χ3v) is 3.58. The van der Waals surface area contributed by atoms with E-state index >= 15 is 0 Å².